The molecule has 1 aromatic rings. The summed E-state index contributed by atoms with van der Waals surface area (Å²) in [5.74, 6) is -0.0301. The van der Waals surface area contributed by atoms with Gasteiger partial charge in [-0.15, -0.1) is 11.3 Å². The van der Waals surface area contributed by atoms with Crippen molar-refractivity contribution >= 4 is 33.2 Å². The Kier molecular flexibility index (Phi) is 6.01. The third kappa shape index (κ3) is 4.23. The quantitative estimate of drug-likeness (QED) is 0.877. The van der Waals surface area contributed by atoms with E-state index in [4.69, 9.17) is 4.74 Å². The van der Waals surface area contributed by atoms with Crippen molar-refractivity contribution in [1.29, 1.82) is 0 Å². The molecule has 1 atom stereocenters. The summed E-state index contributed by atoms with van der Waals surface area (Å²) in [5.41, 5.74) is 0.703. The van der Waals surface area contributed by atoms with E-state index in [1.165, 1.54) is 11.3 Å². The standard InChI is InChI=1S/C11H16BrNO2S/c1-3-4-9(6-15-2)13-11(14)8-5-10(12)16-7-8/h5,7,9H,3-4,6H2,1-2H3,(H,13,14). The maximum Gasteiger partial charge on any atom is 0.252 e. The Morgan fingerprint density at radius 2 is 2.44 bits per heavy atom. The van der Waals surface area contributed by atoms with E-state index < -0.39 is 0 Å². The highest BCUT2D eigenvalue weighted by molar-refractivity contribution is 9.11. The zero-order valence-corrected chi connectivity index (χ0v) is 11.9. The van der Waals surface area contributed by atoms with Gasteiger partial charge in [0.1, 0.15) is 0 Å². The molecular formula is C11H16BrNO2S. The van der Waals surface area contributed by atoms with Crippen molar-refractivity contribution in [2.45, 2.75) is 25.8 Å². The summed E-state index contributed by atoms with van der Waals surface area (Å²) in [6.07, 6.45) is 1.96. The smallest absolute Gasteiger partial charge is 0.252 e. The zero-order valence-electron chi connectivity index (χ0n) is 9.46. The largest absolute Gasteiger partial charge is 0.383 e. The number of nitrogens with one attached hydrogen (secondary N) is 1. The van der Waals surface area contributed by atoms with Crippen molar-refractivity contribution < 1.29 is 9.53 Å². The fourth-order valence-electron chi connectivity index (χ4n) is 1.44. The number of rotatable bonds is 6. The molecule has 0 radical (unpaired) electrons. The van der Waals surface area contributed by atoms with E-state index in [9.17, 15) is 4.79 Å². The molecule has 0 bridgehead atoms. The second-order valence-corrected chi connectivity index (χ2v) is 5.84. The van der Waals surface area contributed by atoms with Gasteiger partial charge in [-0.1, -0.05) is 13.3 Å². The molecule has 16 heavy (non-hydrogen) atoms. The predicted molar refractivity (Wildman–Crippen MR) is 70.1 cm³/mol. The number of hydrogen-bond donors (Lipinski definition) is 1. The average Bonchev–Trinajstić information content (AvgIpc) is 2.65. The molecule has 0 saturated heterocycles. The first-order valence-electron chi connectivity index (χ1n) is 5.21. The minimum atomic E-state index is -0.0301. The predicted octanol–water partition coefficient (Wildman–Crippen LogP) is 3.06. The number of hydrogen-bond acceptors (Lipinski definition) is 3. The lowest BCUT2D eigenvalue weighted by Gasteiger charge is -2.16. The Hall–Kier alpha value is -0.390. The van der Waals surface area contributed by atoms with E-state index >= 15 is 0 Å². The maximum atomic E-state index is 11.8. The van der Waals surface area contributed by atoms with Crippen LogP contribution in [0.5, 0.6) is 0 Å². The number of thiophene rings is 1. The van der Waals surface area contributed by atoms with Crippen molar-refractivity contribution in [2.75, 3.05) is 13.7 Å². The molecule has 1 aromatic heterocycles. The number of amides is 1. The Morgan fingerprint density at radius 1 is 1.69 bits per heavy atom. The van der Waals surface area contributed by atoms with Crippen LogP contribution in [-0.4, -0.2) is 25.7 Å². The molecule has 0 fully saturated rings. The van der Waals surface area contributed by atoms with Gasteiger partial charge in [-0.05, 0) is 28.4 Å². The molecular weight excluding hydrogens is 290 g/mol. The van der Waals surface area contributed by atoms with Crippen LogP contribution in [0, 0.1) is 0 Å². The highest BCUT2D eigenvalue weighted by atomic mass is 79.9. The van der Waals surface area contributed by atoms with Gasteiger partial charge in [0.15, 0.2) is 0 Å². The summed E-state index contributed by atoms with van der Waals surface area (Å²) in [4.78, 5) is 11.8. The highest BCUT2D eigenvalue weighted by Gasteiger charge is 2.13. The van der Waals surface area contributed by atoms with Crippen LogP contribution in [0.25, 0.3) is 0 Å². The summed E-state index contributed by atoms with van der Waals surface area (Å²) >= 11 is 4.85. The zero-order chi connectivity index (χ0) is 12.0. The number of methoxy groups -OCH3 is 1. The van der Waals surface area contributed by atoms with Gasteiger partial charge in [0, 0.05) is 12.5 Å². The second kappa shape index (κ2) is 7.04. The van der Waals surface area contributed by atoms with Gasteiger partial charge < -0.3 is 10.1 Å². The number of carbonyl (C=O) groups excluding carboxylic acids is 1. The second-order valence-electron chi connectivity index (χ2n) is 3.55. The third-order valence-corrected chi connectivity index (χ3v) is 3.67. The van der Waals surface area contributed by atoms with Crippen molar-refractivity contribution in [2.24, 2.45) is 0 Å². The summed E-state index contributed by atoms with van der Waals surface area (Å²) in [7, 11) is 1.65. The average molecular weight is 306 g/mol. The van der Waals surface area contributed by atoms with Gasteiger partial charge in [-0.25, -0.2) is 0 Å². The first kappa shape index (κ1) is 13.7. The van der Waals surface area contributed by atoms with E-state index in [2.05, 4.69) is 28.2 Å². The fraction of sp³-hybridized carbons (Fsp3) is 0.545. The van der Waals surface area contributed by atoms with Crippen molar-refractivity contribution in [3.8, 4) is 0 Å². The molecule has 1 amide bonds. The van der Waals surface area contributed by atoms with Crippen LogP contribution in [0.2, 0.25) is 0 Å². The molecule has 0 aromatic carbocycles. The van der Waals surface area contributed by atoms with E-state index in [0.29, 0.717) is 12.2 Å². The molecule has 0 spiro atoms. The molecule has 0 aliphatic rings. The maximum absolute atomic E-state index is 11.8. The Morgan fingerprint density at radius 3 is 2.94 bits per heavy atom. The molecule has 1 N–H and O–H groups in total. The SMILES string of the molecule is CCCC(COC)NC(=O)c1csc(Br)c1. The Balaban J connectivity index is 2.54. The lowest BCUT2D eigenvalue weighted by Crippen LogP contribution is -2.37. The van der Waals surface area contributed by atoms with Crippen LogP contribution in [0.15, 0.2) is 15.2 Å². The van der Waals surface area contributed by atoms with Gasteiger partial charge in [0.2, 0.25) is 0 Å². The Labute approximate surface area is 108 Å². The normalized spacial score (nSPS) is 12.4. The minimum Gasteiger partial charge on any atom is -0.383 e. The van der Waals surface area contributed by atoms with Crippen LogP contribution in [-0.2, 0) is 4.74 Å². The first-order chi connectivity index (χ1) is 7.67. The van der Waals surface area contributed by atoms with Crippen LogP contribution < -0.4 is 5.32 Å². The lowest BCUT2D eigenvalue weighted by molar-refractivity contribution is 0.0892. The lowest BCUT2D eigenvalue weighted by atomic mass is 10.1. The Bertz CT molecular complexity index is 334. The molecule has 5 heteroatoms. The van der Waals surface area contributed by atoms with Crippen LogP contribution in [0.3, 0.4) is 0 Å². The summed E-state index contributed by atoms with van der Waals surface area (Å²) in [6.45, 7) is 2.65. The van der Waals surface area contributed by atoms with Gasteiger partial charge in [-0.3, -0.25) is 4.79 Å². The van der Waals surface area contributed by atoms with Gasteiger partial charge in [0.25, 0.3) is 5.91 Å². The highest BCUT2D eigenvalue weighted by Crippen LogP contribution is 2.20. The fourth-order valence-corrected chi connectivity index (χ4v) is 2.58. The number of halogens is 1. The number of carbonyl (C=O) groups is 1. The van der Waals surface area contributed by atoms with Crippen LogP contribution in [0.1, 0.15) is 30.1 Å². The van der Waals surface area contributed by atoms with Crippen LogP contribution >= 0.6 is 27.3 Å². The molecule has 1 rings (SSSR count). The van der Waals surface area contributed by atoms with E-state index in [0.717, 1.165) is 16.6 Å². The minimum absolute atomic E-state index is 0.0301. The molecule has 0 aliphatic heterocycles. The van der Waals surface area contributed by atoms with Crippen LogP contribution in [0.4, 0.5) is 0 Å². The summed E-state index contributed by atoms with van der Waals surface area (Å²) in [6, 6.07) is 1.93. The summed E-state index contributed by atoms with van der Waals surface area (Å²) in [5, 5.41) is 4.81. The molecule has 90 valence electrons. The van der Waals surface area contributed by atoms with E-state index in [1.807, 2.05) is 11.4 Å². The molecule has 1 heterocycles. The molecule has 0 saturated carbocycles. The topological polar surface area (TPSA) is 38.3 Å². The van der Waals surface area contributed by atoms with Gasteiger partial charge >= 0.3 is 0 Å². The molecule has 1 unspecified atom stereocenters. The van der Waals surface area contributed by atoms with Gasteiger partial charge in [0.05, 0.1) is 22.0 Å². The molecule has 3 nitrogen and oxygen atoms in total. The number of ether oxygens (including phenoxy) is 1. The van der Waals surface area contributed by atoms with Crippen molar-refractivity contribution in [3.63, 3.8) is 0 Å². The summed E-state index contributed by atoms with van der Waals surface area (Å²) < 4.78 is 6.05. The van der Waals surface area contributed by atoms with E-state index in [1.54, 1.807) is 7.11 Å². The molecule has 0 aliphatic carbocycles. The van der Waals surface area contributed by atoms with E-state index in [-0.39, 0.29) is 11.9 Å². The van der Waals surface area contributed by atoms with Crippen molar-refractivity contribution in [3.05, 3.63) is 20.8 Å². The van der Waals surface area contributed by atoms with Gasteiger partial charge in [-0.2, -0.15) is 0 Å². The monoisotopic (exact) mass is 305 g/mol. The third-order valence-electron chi connectivity index (χ3n) is 2.17. The van der Waals surface area contributed by atoms with Crippen molar-refractivity contribution in [1.82, 2.24) is 5.32 Å². The first-order valence-corrected chi connectivity index (χ1v) is 6.88.